The third kappa shape index (κ3) is 5.51. The number of alkyl halides is 1. The molecule has 258 valence electrons. The molecule has 14 heteroatoms. The van der Waals surface area contributed by atoms with Crippen molar-refractivity contribution in [2.75, 3.05) is 65.4 Å². The van der Waals surface area contributed by atoms with Crippen LogP contribution in [0.2, 0.25) is 0 Å². The molecule has 0 bridgehead atoms. The second-order valence-corrected chi connectivity index (χ2v) is 14.5. The monoisotopic (exact) mass is 686 g/mol. The van der Waals surface area contributed by atoms with Crippen molar-refractivity contribution < 1.29 is 22.7 Å². The van der Waals surface area contributed by atoms with Gasteiger partial charge in [0.25, 0.3) is 5.91 Å². The lowest BCUT2D eigenvalue weighted by Crippen LogP contribution is -2.48. The van der Waals surface area contributed by atoms with Gasteiger partial charge in [-0.15, -0.1) is 0 Å². The van der Waals surface area contributed by atoms with E-state index in [0.29, 0.717) is 86.6 Å². The van der Waals surface area contributed by atoms with Gasteiger partial charge in [0.1, 0.15) is 35.9 Å². The van der Waals surface area contributed by atoms with Crippen LogP contribution in [0, 0.1) is 11.6 Å². The number of hydrogen-bond donors (Lipinski definition) is 1. The van der Waals surface area contributed by atoms with Crippen LogP contribution in [0.4, 0.5) is 19.0 Å². The first-order valence-corrected chi connectivity index (χ1v) is 17.1. The van der Waals surface area contributed by atoms with Gasteiger partial charge >= 0.3 is 6.01 Å². The Morgan fingerprint density at radius 1 is 1.12 bits per heavy atom. The Kier molecular flexibility index (Phi) is 8.60. The zero-order valence-corrected chi connectivity index (χ0v) is 28.4. The lowest BCUT2D eigenvalue weighted by molar-refractivity contribution is -0.124. The summed E-state index contributed by atoms with van der Waals surface area (Å²) in [4.78, 5) is 34.9. The number of benzene rings is 1. The molecule has 3 atom stereocenters. The molecule has 0 unspecified atom stereocenters. The summed E-state index contributed by atoms with van der Waals surface area (Å²) in [7, 11) is 5.14. The average Bonchev–Trinajstić information content (AvgIpc) is 3.65. The van der Waals surface area contributed by atoms with E-state index >= 15 is 4.39 Å². The second kappa shape index (κ2) is 12.5. The Hall–Kier alpha value is -3.42. The maximum atomic E-state index is 15.5. The Labute approximate surface area is 283 Å². The maximum absolute atomic E-state index is 15.5. The summed E-state index contributed by atoms with van der Waals surface area (Å²) in [6, 6.07) is 2.57. The van der Waals surface area contributed by atoms with Crippen LogP contribution in [-0.2, 0) is 29.7 Å². The van der Waals surface area contributed by atoms with Crippen molar-refractivity contribution in [3.8, 4) is 6.01 Å². The normalized spacial score (nSPS) is 27.7. The van der Waals surface area contributed by atoms with E-state index in [0.717, 1.165) is 24.9 Å². The Morgan fingerprint density at radius 2 is 1.92 bits per heavy atom. The number of carbonyl (C=O) groups excluding carboxylic acids is 1. The third-order valence-electron chi connectivity index (χ3n) is 11.0. The fourth-order valence-corrected chi connectivity index (χ4v) is 8.73. The number of amides is 1. The minimum Gasteiger partial charge on any atom is -0.461 e. The highest BCUT2D eigenvalue weighted by atomic mass is 35.5. The van der Waals surface area contributed by atoms with Crippen LogP contribution in [-0.4, -0.2) is 108 Å². The number of aromatic nitrogens is 2. The molecule has 1 amide bonds. The molecule has 10 nitrogen and oxygen atoms in total. The Morgan fingerprint density at radius 3 is 2.71 bits per heavy atom. The maximum Gasteiger partial charge on any atom is 0.318 e. The molecular formula is C34H42ClF3N8O2. The molecule has 1 aromatic heterocycles. The van der Waals surface area contributed by atoms with Gasteiger partial charge in [-0.2, -0.15) is 9.97 Å². The number of likely N-dealkylation sites (N-methyl/N-ethyl adjacent to an activating group) is 2. The number of ether oxygens (including phenoxy) is 1. The lowest BCUT2D eigenvalue weighted by Gasteiger charge is -2.44. The Bertz CT molecular complexity index is 1700. The number of hydrogen-bond acceptors (Lipinski definition) is 9. The average molecular weight is 687 g/mol. The van der Waals surface area contributed by atoms with E-state index in [2.05, 4.69) is 19.7 Å². The van der Waals surface area contributed by atoms with E-state index in [1.54, 1.807) is 14.1 Å². The van der Waals surface area contributed by atoms with Crippen molar-refractivity contribution in [1.29, 1.82) is 0 Å². The molecule has 48 heavy (non-hydrogen) atoms. The smallest absolute Gasteiger partial charge is 0.318 e. The van der Waals surface area contributed by atoms with Crippen molar-refractivity contribution in [3.63, 3.8) is 0 Å². The van der Waals surface area contributed by atoms with Crippen molar-refractivity contribution in [3.05, 3.63) is 56.9 Å². The number of rotatable bonds is 6. The third-order valence-corrected chi connectivity index (χ3v) is 11.4. The molecular weight excluding hydrogens is 645 g/mol. The lowest BCUT2D eigenvalue weighted by atomic mass is 9.80. The number of nitrogens with zero attached hydrogens (tertiary/aromatic N) is 7. The summed E-state index contributed by atoms with van der Waals surface area (Å²) < 4.78 is 51.4. The number of anilines is 1. The molecule has 2 saturated heterocycles. The summed E-state index contributed by atoms with van der Waals surface area (Å²) in [5.74, 6) is -0.607. The standard InChI is InChI=1S/C34H42ClF3N8O2/c1-43(2)31(47)29(39)28(35)26-18-45(12-5-11-40-26)30-22-17-44(3)34(10-8-21-23(37)6-7-24(38)27(21)34)15-25(22)41-32(42-30)48-19-33-9-4-13-46(33)16-20(36)14-33/h6-7,20H,4-5,8-19,39H2,1-3H3/t20-,33+,34+/m1/s1. The van der Waals surface area contributed by atoms with Crippen LogP contribution in [0.1, 0.15) is 54.5 Å². The van der Waals surface area contributed by atoms with Gasteiger partial charge in [0.2, 0.25) is 0 Å². The SMILES string of the molecule is CN(C)C(=O)C(N)=C(Cl)C1=NCCCN(c2nc(OC[C@@]34CCCN3C[C@H](F)C4)nc3c2CN(C)[C@@]2(CCc4c(F)ccc(F)c42)C3)C1. The molecule has 4 aliphatic heterocycles. The second-order valence-electron chi connectivity index (χ2n) is 14.1. The van der Waals surface area contributed by atoms with Gasteiger partial charge in [0.05, 0.1) is 34.1 Å². The molecule has 0 saturated carbocycles. The molecule has 0 radical (unpaired) electrons. The summed E-state index contributed by atoms with van der Waals surface area (Å²) in [5.41, 5.74) is 7.73. The minimum absolute atomic E-state index is 0.0880. The first-order chi connectivity index (χ1) is 22.9. The molecule has 5 heterocycles. The van der Waals surface area contributed by atoms with Crippen molar-refractivity contribution in [2.45, 2.75) is 68.7 Å². The zero-order valence-electron chi connectivity index (χ0n) is 27.7. The van der Waals surface area contributed by atoms with Crippen molar-refractivity contribution >= 4 is 29.0 Å². The summed E-state index contributed by atoms with van der Waals surface area (Å²) in [6.45, 7) is 3.18. The number of aliphatic imine (C=N–C) groups is 1. The molecule has 7 rings (SSSR count). The van der Waals surface area contributed by atoms with E-state index in [9.17, 15) is 13.6 Å². The predicted molar refractivity (Wildman–Crippen MR) is 177 cm³/mol. The van der Waals surface area contributed by atoms with E-state index in [1.807, 2.05) is 7.05 Å². The topological polar surface area (TPSA) is 103 Å². The largest absolute Gasteiger partial charge is 0.461 e. The van der Waals surface area contributed by atoms with Gasteiger partial charge in [-0.25, -0.2) is 13.2 Å². The van der Waals surface area contributed by atoms with Crippen LogP contribution in [0.15, 0.2) is 27.9 Å². The van der Waals surface area contributed by atoms with Crippen LogP contribution < -0.4 is 15.4 Å². The van der Waals surface area contributed by atoms with Crippen molar-refractivity contribution in [1.82, 2.24) is 24.7 Å². The minimum atomic E-state index is -0.901. The van der Waals surface area contributed by atoms with E-state index in [4.69, 9.17) is 32.0 Å². The molecule has 5 aliphatic rings. The van der Waals surface area contributed by atoms with E-state index < -0.39 is 34.8 Å². The fourth-order valence-electron chi connectivity index (χ4n) is 8.53. The van der Waals surface area contributed by atoms with Gasteiger partial charge in [-0.1, -0.05) is 11.6 Å². The molecule has 1 aromatic carbocycles. The predicted octanol–water partition coefficient (Wildman–Crippen LogP) is 3.69. The van der Waals surface area contributed by atoms with Gasteiger partial charge < -0.3 is 20.3 Å². The van der Waals surface area contributed by atoms with Gasteiger partial charge in [-0.3, -0.25) is 19.6 Å². The Balaban J connectivity index is 1.28. The van der Waals surface area contributed by atoms with E-state index in [1.165, 1.54) is 17.0 Å². The van der Waals surface area contributed by atoms with Crippen molar-refractivity contribution in [2.24, 2.45) is 10.7 Å². The highest BCUT2D eigenvalue weighted by Gasteiger charge is 2.51. The van der Waals surface area contributed by atoms with Gasteiger partial charge in [0, 0.05) is 64.2 Å². The van der Waals surface area contributed by atoms with Gasteiger partial charge in [0.15, 0.2) is 0 Å². The number of fused-ring (bicyclic) bond motifs is 4. The summed E-state index contributed by atoms with van der Waals surface area (Å²) in [6.07, 6.45) is 3.32. The fraction of sp³-hybridized carbons (Fsp3) is 0.588. The molecule has 2 fully saturated rings. The van der Waals surface area contributed by atoms with E-state index in [-0.39, 0.29) is 29.9 Å². The van der Waals surface area contributed by atoms with Crippen LogP contribution in [0.5, 0.6) is 6.01 Å². The molecule has 2 aromatic rings. The van der Waals surface area contributed by atoms with Gasteiger partial charge in [-0.05, 0) is 63.4 Å². The first-order valence-electron chi connectivity index (χ1n) is 16.7. The zero-order chi connectivity index (χ0) is 34.0. The number of nitrogens with two attached hydrogens (primary N) is 1. The van der Waals surface area contributed by atoms with Crippen LogP contribution in [0.3, 0.4) is 0 Å². The quantitative estimate of drug-likeness (QED) is 0.460. The highest BCUT2D eigenvalue weighted by molar-refractivity contribution is 6.45. The number of halogens is 4. The van der Waals surface area contributed by atoms with Crippen LogP contribution >= 0.6 is 11.6 Å². The number of carbonyl (C=O) groups is 1. The summed E-state index contributed by atoms with van der Waals surface area (Å²) in [5, 5.41) is 0.0959. The molecule has 2 N–H and O–H groups in total. The van der Waals surface area contributed by atoms with Crippen LogP contribution in [0.25, 0.3) is 0 Å². The highest BCUT2D eigenvalue weighted by Crippen LogP contribution is 2.50. The molecule has 1 aliphatic carbocycles. The summed E-state index contributed by atoms with van der Waals surface area (Å²) >= 11 is 6.70. The molecule has 1 spiro atoms. The first kappa shape index (κ1) is 33.1.